The van der Waals surface area contributed by atoms with E-state index >= 15 is 0 Å². The Morgan fingerprint density at radius 1 is 1.42 bits per heavy atom. The molecule has 1 aliphatic rings. The van der Waals surface area contributed by atoms with Gasteiger partial charge < -0.3 is 10.1 Å². The number of hydrogen-bond donors (Lipinski definition) is 1. The molecule has 19 heavy (non-hydrogen) atoms. The maximum absolute atomic E-state index is 11.7. The van der Waals surface area contributed by atoms with Crippen LogP contribution in [0.4, 0.5) is 4.79 Å². The fourth-order valence-corrected chi connectivity index (χ4v) is 2.32. The molecule has 0 saturated heterocycles. The first-order chi connectivity index (χ1) is 9.21. The van der Waals surface area contributed by atoms with Crippen LogP contribution in [0.5, 0.6) is 0 Å². The number of carbonyl (C=O) groups is 2. The lowest BCUT2D eigenvalue weighted by Crippen LogP contribution is -2.44. The third-order valence-corrected chi connectivity index (χ3v) is 3.37. The van der Waals surface area contributed by atoms with E-state index in [1.807, 2.05) is 0 Å². The van der Waals surface area contributed by atoms with Gasteiger partial charge in [0.2, 0.25) is 0 Å². The summed E-state index contributed by atoms with van der Waals surface area (Å²) in [6, 6.07) is -0.484. The number of urea groups is 1. The normalized spacial score (nSPS) is 22.4. The fraction of sp³-hybridized carbons (Fsp3) is 0.818. The second-order valence-electron chi connectivity index (χ2n) is 4.49. The Balaban J connectivity index is 2.29. The summed E-state index contributed by atoms with van der Waals surface area (Å²) < 4.78 is 4.73. The zero-order valence-corrected chi connectivity index (χ0v) is 11.3. The SMILES string of the molecule is O=COCC1CCC(NC(=O)N(CCCl)N=O)CC1. The molecule has 0 bridgehead atoms. The van der Waals surface area contributed by atoms with Crippen molar-refractivity contribution < 1.29 is 14.3 Å². The lowest BCUT2D eigenvalue weighted by atomic mass is 9.86. The summed E-state index contributed by atoms with van der Waals surface area (Å²) in [5.41, 5.74) is 0. The number of amides is 2. The van der Waals surface area contributed by atoms with Gasteiger partial charge in [0.05, 0.1) is 18.4 Å². The van der Waals surface area contributed by atoms with Gasteiger partial charge in [0.25, 0.3) is 6.47 Å². The molecule has 108 valence electrons. The van der Waals surface area contributed by atoms with Crippen molar-refractivity contribution in [2.75, 3.05) is 19.0 Å². The van der Waals surface area contributed by atoms with Crippen molar-refractivity contribution in [3.05, 3.63) is 4.91 Å². The third kappa shape index (κ3) is 5.42. The monoisotopic (exact) mass is 291 g/mol. The Hall–Kier alpha value is -1.37. The predicted molar refractivity (Wildman–Crippen MR) is 69.5 cm³/mol. The highest BCUT2D eigenvalue weighted by Gasteiger charge is 2.24. The topological polar surface area (TPSA) is 88.1 Å². The molecule has 1 rings (SSSR count). The van der Waals surface area contributed by atoms with Crippen molar-refractivity contribution in [1.29, 1.82) is 0 Å². The molecular formula is C11H18ClN3O4. The van der Waals surface area contributed by atoms with Gasteiger partial charge in [-0.25, -0.2) is 4.79 Å². The average Bonchev–Trinajstić information content (AvgIpc) is 2.43. The summed E-state index contributed by atoms with van der Waals surface area (Å²) in [6.07, 6.45) is 3.35. The summed E-state index contributed by atoms with van der Waals surface area (Å²) in [5.74, 6) is 0.510. The number of hydrogen-bond acceptors (Lipinski definition) is 5. The molecule has 0 aromatic rings. The van der Waals surface area contributed by atoms with Gasteiger partial charge in [-0.15, -0.1) is 16.5 Å². The van der Waals surface area contributed by atoms with E-state index in [0.29, 0.717) is 19.0 Å². The molecule has 2 amide bonds. The first-order valence-corrected chi connectivity index (χ1v) is 6.77. The molecule has 0 aromatic heterocycles. The van der Waals surface area contributed by atoms with Gasteiger partial charge in [0, 0.05) is 11.9 Å². The molecule has 0 radical (unpaired) electrons. The van der Waals surface area contributed by atoms with Gasteiger partial charge >= 0.3 is 6.03 Å². The maximum atomic E-state index is 11.7. The number of rotatable bonds is 7. The fourth-order valence-electron chi connectivity index (χ4n) is 2.16. The van der Waals surface area contributed by atoms with E-state index in [1.54, 1.807) is 0 Å². The van der Waals surface area contributed by atoms with Crippen molar-refractivity contribution >= 4 is 24.1 Å². The van der Waals surface area contributed by atoms with Crippen molar-refractivity contribution in [2.24, 2.45) is 11.2 Å². The van der Waals surface area contributed by atoms with E-state index in [0.717, 1.165) is 30.7 Å². The van der Waals surface area contributed by atoms with Gasteiger partial charge in [-0.3, -0.25) is 4.79 Å². The van der Waals surface area contributed by atoms with Crippen LogP contribution in [0, 0.1) is 10.8 Å². The van der Waals surface area contributed by atoms with Crippen LogP contribution in [0.1, 0.15) is 25.7 Å². The molecule has 0 spiro atoms. The van der Waals surface area contributed by atoms with E-state index < -0.39 is 6.03 Å². The van der Waals surface area contributed by atoms with Crippen LogP contribution in [0.15, 0.2) is 5.29 Å². The van der Waals surface area contributed by atoms with Crippen molar-refractivity contribution in [3.63, 3.8) is 0 Å². The predicted octanol–water partition coefficient (Wildman–Crippen LogP) is 1.65. The number of nitrogens with one attached hydrogen (secondary N) is 1. The highest BCUT2D eigenvalue weighted by molar-refractivity contribution is 6.18. The lowest BCUT2D eigenvalue weighted by molar-refractivity contribution is -0.130. The summed E-state index contributed by atoms with van der Waals surface area (Å²) in [4.78, 5) is 32.2. The van der Waals surface area contributed by atoms with Crippen LogP contribution < -0.4 is 5.32 Å². The zero-order chi connectivity index (χ0) is 14.1. The molecule has 0 aliphatic heterocycles. The molecule has 0 unspecified atom stereocenters. The van der Waals surface area contributed by atoms with Crippen LogP contribution >= 0.6 is 11.6 Å². The molecule has 1 N–H and O–H groups in total. The summed E-state index contributed by atoms with van der Waals surface area (Å²) >= 11 is 5.47. The zero-order valence-electron chi connectivity index (χ0n) is 10.6. The summed E-state index contributed by atoms with van der Waals surface area (Å²) in [7, 11) is 0. The molecule has 0 atom stereocenters. The maximum Gasteiger partial charge on any atom is 0.340 e. The minimum atomic E-state index is -0.511. The third-order valence-electron chi connectivity index (χ3n) is 3.20. The Morgan fingerprint density at radius 2 is 2.11 bits per heavy atom. The smallest absolute Gasteiger partial charge is 0.340 e. The number of ether oxygens (including phenoxy) is 1. The first-order valence-electron chi connectivity index (χ1n) is 6.23. The number of halogens is 1. The van der Waals surface area contributed by atoms with Gasteiger partial charge in [-0.2, -0.15) is 5.01 Å². The molecule has 7 nitrogen and oxygen atoms in total. The number of carbonyl (C=O) groups excluding carboxylic acids is 2. The van der Waals surface area contributed by atoms with Crippen molar-refractivity contribution in [3.8, 4) is 0 Å². The summed E-state index contributed by atoms with van der Waals surface area (Å²) in [5, 5.41) is 6.17. The molecule has 8 heteroatoms. The Bertz CT molecular complexity index is 308. The van der Waals surface area contributed by atoms with E-state index in [-0.39, 0.29) is 18.5 Å². The second kappa shape index (κ2) is 8.68. The molecule has 0 aromatic carbocycles. The van der Waals surface area contributed by atoms with E-state index in [2.05, 4.69) is 10.6 Å². The van der Waals surface area contributed by atoms with Crippen molar-refractivity contribution in [1.82, 2.24) is 10.3 Å². The van der Waals surface area contributed by atoms with E-state index in [9.17, 15) is 14.5 Å². The van der Waals surface area contributed by atoms with Gasteiger partial charge in [-0.05, 0) is 31.6 Å². The van der Waals surface area contributed by atoms with Gasteiger partial charge in [0.15, 0.2) is 0 Å². The minimum absolute atomic E-state index is 0.0274. The lowest BCUT2D eigenvalue weighted by Gasteiger charge is -2.29. The molecule has 0 heterocycles. The molecular weight excluding hydrogens is 274 g/mol. The van der Waals surface area contributed by atoms with E-state index in [1.165, 1.54) is 0 Å². The number of alkyl halides is 1. The van der Waals surface area contributed by atoms with Crippen molar-refractivity contribution in [2.45, 2.75) is 31.7 Å². The average molecular weight is 292 g/mol. The Morgan fingerprint density at radius 3 is 2.63 bits per heavy atom. The standard InChI is InChI=1S/C11H18ClN3O4/c12-5-6-15(14-18)11(17)13-10-3-1-9(2-4-10)7-19-8-16/h8-10H,1-7H2,(H,13,17). The van der Waals surface area contributed by atoms with E-state index in [4.69, 9.17) is 16.3 Å². The Kier molecular flexibility index (Phi) is 7.17. The van der Waals surface area contributed by atoms with Crippen LogP contribution in [0.25, 0.3) is 0 Å². The highest BCUT2D eigenvalue weighted by atomic mass is 35.5. The Labute approximate surface area is 116 Å². The molecule has 1 fully saturated rings. The minimum Gasteiger partial charge on any atom is -0.468 e. The van der Waals surface area contributed by atoms with Crippen LogP contribution in [0.3, 0.4) is 0 Å². The van der Waals surface area contributed by atoms with Crippen LogP contribution in [0.2, 0.25) is 0 Å². The van der Waals surface area contributed by atoms with Gasteiger partial charge in [-0.1, -0.05) is 0 Å². The first kappa shape index (κ1) is 15.7. The second-order valence-corrected chi connectivity index (χ2v) is 4.87. The molecule has 1 aliphatic carbocycles. The quantitative estimate of drug-likeness (QED) is 0.334. The summed E-state index contributed by atoms with van der Waals surface area (Å²) in [6.45, 7) is 0.978. The number of nitrogens with zero attached hydrogens (tertiary/aromatic N) is 2. The van der Waals surface area contributed by atoms with Crippen LogP contribution in [-0.4, -0.2) is 42.6 Å². The van der Waals surface area contributed by atoms with Crippen LogP contribution in [-0.2, 0) is 9.53 Å². The number of nitroso groups, excluding NO2 is 1. The largest absolute Gasteiger partial charge is 0.468 e. The molecule has 1 saturated carbocycles. The van der Waals surface area contributed by atoms with Gasteiger partial charge in [0.1, 0.15) is 0 Å². The highest BCUT2D eigenvalue weighted by Crippen LogP contribution is 2.24.